The summed E-state index contributed by atoms with van der Waals surface area (Å²) in [6, 6.07) is 0.488. The minimum atomic E-state index is -0.0679. The summed E-state index contributed by atoms with van der Waals surface area (Å²) in [7, 11) is 0. The first-order chi connectivity index (χ1) is 6.75. The Bertz CT molecular complexity index is 249. The molecule has 78 valence electrons. The Labute approximate surface area is 85.1 Å². The van der Waals surface area contributed by atoms with Gasteiger partial charge in [-0.05, 0) is 49.8 Å². The topological polar surface area (TPSA) is 12.0 Å². The van der Waals surface area contributed by atoms with Crippen molar-refractivity contribution < 1.29 is 4.39 Å². The molecule has 0 amide bonds. The van der Waals surface area contributed by atoms with Gasteiger partial charge >= 0.3 is 0 Å². The third kappa shape index (κ3) is 2.24. The van der Waals surface area contributed by atoms with Gasteiger partial charge in [-0.15, -0.1) is 0 Å². The molecule has 1 heterocycles. The van der Waals surface area contributed by atoms with Gasteiger partial charge in [0.25, 0.3) is 0 Å². The zero-order chi connectivity index (χ0) is 9.97. The highest BCUT2D eigenvalue weighted by Gasteiger charge is 2.24. The summed E-state index contributed by atoms with van der Waals surface area (Å²) in [5.41, 5.74) is 0. The molecule has 14 heavy (non-hydrogen) atoms. The average Bonchev–Trinajstić information content (AvgIpc) is 2.19. The van der Waals surface area contributed by atoms with E-state index in [-0.39, 0.29) is 5.83 Å². The molecular formula is C12H18FN. The van der Waals surface area contributed by atoms with Gasteiger partial charge in [0.2, 0.25) is 0 Å². The predicted molar refractivity (Wildman–Crippen MR) is 56.6 cm³/mol. The Morgan fingerprint density at radius 3 is 2.93 bits per heavy atom. The smallest absolute Gasteiger partial charge is 0.119 e. The van der Waals surface area contributed by atoms with Crippen LogP contribution in [0.25, 0.3) is 0 Å². The molecular weight excluding hydrogens is 177 g/mol. The van der Waals surface area contributed by atoms with Crippen LogP contribution in [0.4, 0.5) is 4.39 Å². The van der Waals surface area contributed by atoms with Crippen LogP contribution in [-0.2, 0) is 0 Å². The van der Waals surface area contributed by atoms with Gasteiger partial charge in [0.05, 0.1) is 0 Å². The summed E-state index contributed by atoms with van der Waals surface area (Å²) < 4.78 is 13.0. The zero-order valence-electron chi connectivity index (χ0n) is 8.67. The highest BCUT2D eigenvalue weighted by atomic mass is 19.1. The molecule has 2 rings (SSSR count). The minimum Gasteiger partial charge on any atom is -0.313 e. The van der Waals surface area contributed by atoms with Crippen molar-refractivity contribution in [3.05, 3.63) is 24.1 Å². The molecule has 0 bridgehead atoms. The van der Waals surface area contributed by atoms with Gasteiger partial charge in [-0.3, -0.25) is 0 Å². The predicted octanol–water partition coefficient (Wildman–Crippen LogP) is 2.80. The average molecular weight is 195 g/mol. The van der Waals surface area contributed by atoms with Crippen LogP contribution in [0.1, 0.15) is 26.2 Å². The standard InChI is InChI=1S/C12H18FN/c1-9-5-6-12(14-8-9)10-3-2-4-11(13)7-10/h2,4,7,9-10,12,14H,3,5-6,8H2,1H3. The largest absolute Gasteiger partial charge is 0.313 e. The first-order valence-corrected chi connectivity index (χ1v) is 5.53. The number of piperidine rings is 1. The maximum Gasteiger partial charge on any atom is 0.119 e. The van der Waals surface area contributed by atoms with Gasteiger partial charge in [-0.2, -0.15) is 0 Å². The first-order valence-electron chi connectivity index (χ1n) is 5.53. The second-order valence-corrected chi connectivity index (χ2v) is 4.55. The number of hydrogen-bond donors (Lipinski definition) is 1. The van der Waals surface area contributed by atoms with E-state index in [1.807, 2.05) is 6.08 Å². The molecule has 0 spiro atoms. The minimum absolute atomic E-state index is 0.0679. The van der Waals surface area contributed by atoms with Crippen LogP contribution in [0.3, 0.4) is 0 Å². The van der Waals surface area contributed by atoms with Gasteiger partial charge in [-0.1, -0.05) is 13.0 Å². The summed E-state index contributed by atoms with van der Waals surface area (Å²) >= 11 is 0. The lowest BCUT2D eigenvalue weighted by atomic mass is 9.85. The van der Waals surface area contributed by atoms with Crippen molar-refractivity contribution in [3.63, 3.8) is 0 Å². The van der Waals surface area contributed by atoms with Crippen molar-refractivity contribution in [2.75, 3.05) is 6.54 Å². The second-order valence-electron chi connectivity index (χ2n) is 4.55. The Morgan fingerprint density at radius 2 is 2.29 bits per heavy atom. The Kier molecular flexibility index (Phi) is 3.02. The van der Waals surface area contributed by atoms with E-state index in [9.17, 15) is 4.39 Å². The molecule has 1 aliphatic carbocycles. The molecule has 1 aliphatic heterocycles. The molecule has 0 aromatic heterocycles. The molecule has 3 atom stereocenters. The fourth-order valence-electron chi connectivity index (χ4n) is 2.33. The Hall–Kier alpha value is -0.630. The van der Waals surface area contributed by atoms with E-state index >= 15 is 0 Å². The number of halogens is 1. The van der Waals surface area contributed by atoms with Crippen molar-refractivity contribution in [2.45, 2.75) is 32.2 Å². The molecule has 2 aliphatic rings. The summed E-state index contributed by atoms with van der Waals surface area (Å²) in [5.74, 6) is 1.08. The van der Waals surface area contributed by atoms with Crippen LogP contribution in [0.15, 0.2) is 24.1 Å². The first kappa shape index (κ1) is 9.91. The maximum atomic E-state index is 13.0. The van der Waals surface area contributed by atoms with Gasteiger partial charge in [0, 0.05) is 6.04 Å². The quantitative estimate of drug-likeness (QED) is 0.678. The van der Waals surface area contributed by atoms with Gasteiger partial charge in [-0.25, -0.2) is 4.39 Å². The molecule has 0 aromatic carbocycles. The summed E-state index contributed by atoms with van der Waals surface area (Å²) in [5, 5.41) is 3.51. The lowest BCUT2D eigenvalue weighted by Crippen LogP contribution is -2.42. The lowest BCUT2D eigenvalue weighted by Gasteiger charge is -2.32. The van der Waals surface area contributed by atoms with E-state index < -0.39 is 0 Å². The fourth-order valence-corrected chi connectivity index (χ4v) is 2.33. The van der Waals surface area contributed by atoms with Crippen molar-refractivity contribution in [2.24, 2.45) is 11.8 Å². The number of nitrogens with one attached hydrogen (secondary N) is 1. The van der Waals surface area contributed by atoms with Crippen LogP contribution in [-0.4, -0.2) is 12.6 Å². The molecule has 0 radical (unpaired) electrons. The van der Waals surface area contributed by atoms with E-state index in [0.29, 0.717) is 12.0 Å². The van der Waals surface area contributed by atoms with Gasteiger partial charge in [0.1, 0.15) is 5.83 Å². The molecule has 1 nitrogen and oxygen atoms in total. The molecule has 1 saturated heterocycles. The Balaban J connectivity index is 1.93. The van der Waals surface area contributed by atoms with E-state index in [0.717, 1.165) is 18.9 Å². The summed E-state index contributed by atoms with van der Waals surface area (Å²) in [4.78, 5) is 0. The van der Waals surface area contributed by atoms with Crippen molar-refractivity contribution in [3.8, 4) is 0 Å². The third-order valence-corrected chi connectivity index (χ3v) is 3.27. The molecule has 1 fully saturated rings. The van der Waals surface area contributed by atoms with Gasteiger partial charge in [0.15, 0.2) is 0 Å². The van der Waals surface area contributed by atoms with Crippen molar-refractivity contribution in [1.29, 1.82) is 0 Å². The van der Waals surface area contributed by atoms with Crippen LogP contribution in [0, 0.1) is 11.8 Å². The number of allylic oxidation sites excluding steroid dienone is 3. The summed E-state index contributed by atoms with van der Waals surface area (Å²) in [6.07, 6.45) is 8.73. The van der Waals surface area contributed by atoms with Crippen LogP contribution >= 0.6 is 0 Å². The van der Waals surface area contributed by atoms with Gasteiger partial charge < -0.3 is 5.32 Å². The Morgan fingerprint density at radius 1 is 1.43 bits per heavy atom. The maximum absolute atomic E-state index is 13.0. The third-order valence-electron chi connectivity index (χ3n) is 3.27. The second kappa shape index (κ2) is 4.26. The van der Waals surface area contributed by atoms with Crippen molar-refractivity contribution >= 4 is 0 Å². The molecule has 2 heteroatoms. The molecule has 0 saturated carbocycles. The molecule has 1 N–H and O–H groups in total. The monoisotopic (exact) mass is 195 g/mol. The SMILES string of the molecule is CC1CCC(C2C=C(F)C=CC2)NC1. The lowest BCUT2D eigenvalue weighted by molar-refractivity contribution is 0.279. The highest BCUT2D eigenvalue weighted by Crippen LogP contribution is 2.26. The normalized spacial score (nSPS) is 38.1. The molecule has 3 unspecified atom stereocenters. The van der Waals surface area contributed by atoms with Crippen LogP contribution in [0.5, 0.6) is 0 Å². The van der Waals surface area contributed by atoms with E-state index in [4.69, 9.17) is 0 Å². The highest BCUT2D eigenvalue weighted by molar-refractivity contribution is 5.19. The van der Waals surface area contributed by atoms with Crippen LogP contribution < -0.4 is 5.32 Å². The van der Waals surface area contributed by atoms with Crippen molar-refractivity contribution in [1.82, 2.24) is 5.32 Å². The molecule has 0 aromatic rings. The summed E-state index contributed by atoms with van der Waals surface area (Å²) in [6.45, 7) is 3.35. The van der Waals surface area contributed by atoms with E-state index in [1.54, 1.807) is 12.2 Å². The van der Waals surface area contributed by atoms with E-state index in [2.05, 4.69) is 12.2 Å². The van der Waals surface area contributed by atoms with Crippen LogP contribution in [0.2, 0.25) is 0 Å². The van der Waals surface area contributed by atoms with E-state index in [1.165, 1.54) is 12.8 Å². The fraction of sp³-hybridized carbons (Fsp3) is 0.667. The zero-order valence-corrected chi connectivity index (χ0v) is 8.67. The number of hydrogen-bond acceptors (Lipinski definition) is 1. The number of rotatable bonds is 1.